The number of nitrogens with one attached hydrogen (secondary N) is 1. The molecule has 1 heterocycles. The van der Waals surface area contributed by atoms with Gasteiger partial charge in [0, 0.05) is 5.75 Å². The summed E-state index contributed by atoms with van der Waals surface area (Å²) in [4.78, 5) is 12.5. The summed E-state index contributed by atoms with van der Waals surface area (Å²) in [5.41, 5.74) is -1.61. The van der Waals surface area contributed by atoms with Crippen molar-refractivity contribution in [3.8, 4) is 0 Å². The van der Waals surface area contributed by atoms with Crippen LogP contribution in [0.1, 0.15) is 5.56 Å². The number of aromatic nitrogens is 2. The average molecular weight is 549 g/mol. The Morgan fingerprint density at radius 2 is 1.91 bits per heavy atom. The Morgan fingerprint density at radius 3 is 2.56 bits per heavy atom. The van der Waals surface area contributed by atoms with Crippen molar-refractivity contribution in [1.29, 1.82) is 0 Å². The summed E-state index contributed by atoms with van der Waals surface area (Å²) in [6.45, 7) is 2.78. The van der Waals surface area contributed by atoms with Crippen LogP contribution in [-0.4, -0.2) is 36.8 Å². The first-order valence-corrected chi connectivity index (χ1v) is 13.0. The van der Waals surface area contributed by atoms with Gasteiger partial charge in [-0.3, -0.25) is 14.4 Å². The van der Waals surface area contributed by atoms with Gasteiger partial charge >= 0.3 is 6.18 Å². The number of anilines is 2. The average Bonchev–Trinajstić information content (AvgIpc) is 3.23. The predicted molar refractivity (Wildman–Crippen MR) is 127 cm³/mol. The summed E-state index contributed by atoms with van der Waals surface area (Å²) in [6.07, 6.45) is -3.17. The molecule has 0 bridgehead atoms. The number of halogens is 4. The molecule has 34 heavy (non-hydrogen) atoms. The monoisotopic (exact) mass is 548 g/mol. The Hall–Kier alpha value is -2.61. The number of benzene rings is 2. The molecule has 0 aliphatic heterocycles. The molecule has 0 atom stereocenters. The molecule has 0 saturated heterocycles. The topological polar surface area (TPSA) is 92.3 Å². The van der Waals surface area contributed by atoms with Crippen LogP contribution >= 0.6 is 34.7 Å². The van der Waals surface area contributed by atoms with Crippen molar-refractivity contribution >= 4 is 61.4 Å². The molecule has 180 valence electrons. The fourth-order valence-corrected chi connectivity index (χ4v) is 5.85. The number of nitrogens with zero attached hydrogens (tertiary/aromatic N) is 3. The molecule has 0 spiro atoms. The molecule has 0 aliphatic rings. The second kappa shape index (κ2) is 10.8. The quantitative estimate of drug-likeness (QED) is 0.221. The lowest BCUT2D eigenvalue weighted by Gasteiger charge is -2.25. The van der Waals surface area contributed by atoms with E-state index >= 15 is 0 Å². The van der Waals surface area contributed by atoms with Crippen LogP contribution in [0.25, 0.3) is 0 Å². The van der Waals surface area contributed by atoms with Gasteiger partial charge in [-0.1, -0.05) is 59.0 Å². The van der Waals surface area contributed by atoms with E-state index in [0.29, 0.717) is 20.5 Å². The number of rotatable bonds is 9. The first-order valence-electron chi connectivity index (χ1n) is 9.34. The van der Waals surface area contributed by atoms with Crippen molar-refractivity contribution in [1.82, 2.24) is 10.2 Å². The van der Waals surface area contributed by atoms with Gasteiger partial charge in [0.2, 0.25) is 11.0 Å². The van der Waals surface area contributed by atoms with Crippen molar-refractivity contribution in [2.24, 2.45) is 0 Å². The molecule has 1 aromatic heterocycles. The predicted octanol–water partition coefficient (Wildman–Crippen LogP) is 5.32. The van der Waals surface area contributed by atoms with Crippen molar-refractivity contribution < 1.29 is 26.4 Å². The Kier molecular flexibility index (Phi) is 8.23. The molecular formula is C20H16ClF3N4O3S3. The second-order valence-electron chi connectivity index (χ2n) is 6.51. The molecule has 0 unspecified atom stereocenters. The number of hydrogen-bond donors (Lipinski definition) is 1. The maximum absolute atomic E-state index is 13.4. The van der Waals surface area contributed by atoms with E-state index in [9.17, 15) is 26.4 Å². The van der Waals surface area contributed by atoms with Crippen LogP contribution in [0.4, 0.5) is 24.0 Å². The minimum Gasteiger partial charge on any atom is -0.299 e. The summed E-state index contributed by atoms with van der Waals surface area (Å²) in [5, 5.41) is 9.64. The number of hydrogen-bond acceptors (Lipinski definition) is 7. The molecule has 1 N–H and O–H groups in total. The highest BCUT2D eigenvalue weighted by Gasteiger charge is 2.35. The molecular weight excluding hydrogens is 533 g/mol. The maximum Gasteiger partial charge on any atom is 0.417 e. The minimum absolute atomic E-state index is 0.112. The lowest BCUT2D eigenvalue weighted by molar-refractivity contribution is -0.137. The van der Waals surface area contributed by atoms with Gasteiger partial charge in [-0.25, -0.2) is 8.42 Å². The van der Waals surface area contributed by atoms with Gasteiger partial charge in [0.05, 0.1) is 21.2 Å². The standard InChI is InChI=1S/C20H16ClF3N4O3S3/c1-2-10-32-19-27-26-18(33-19)25-17(29)12-28(34(30,31)14-6-4-3-5-7-14)13-8-9-16(21)15(11-13)20(22,23)24/h2-9,11H,1,10,12H2,(H,25,26,29). The number of thioether (sulfide) groups is 1. The zero-order valence-electron chi connectivity index (χ0n) is 17.1. The number of sulfonamides is 1. The van der Waals surface area contributed by atoms with E-state index in [1.165, 1.54) is 36.0 Å². The molecule has 0 saturated carbocycles. The van der Waals surface area contributed by atoms with E-state index in [1.54, 1.807) is 12.1 Å². The van der Waals surface area contributed by atoms with Crippen LogP contribution in [0.3, 0.4) is 0 Å². The third-order valence-corrected chi connectivity index (χ3v) is 8.22. The van der Waals surface area contributed by atoms with E-state index in [2.05, 4.69) is 22.1 Å². The lowest BCUT2D eigenvalue weighted by atomic mass is 10.2. The van der Waals surface area contributed by atoms with Crippen LogP contribution in [0.5, 0.6) is 0 Å². The largest absolute Gasteiger partial charge is 0.417 e. The van der Waals surface area contributed by atoms with Crippen molar-refractivity contribution in [2.75, 3.05) is 21.9 Å². The summed E-state index contributed by atoms with van der Waals surface area (Å²) in [5.74, 6) is -0.247. The van der Waals surface area contributed by atoms with E-state index in [4.69, 9.17) is 11.6 Å². The Bertz CT molecular complexity index is 1280. The third kappa shape index (κ3) is 6.29. The molecule has 1 amide bonds. The normalized spacial score (nSPS) is 11.8. The molecule has 3 aromatic rings. The maximum atomic E-state index is 13.4. The molecule has 2 aromatic carbocycles. The fourth-order valence-electron chi connectivity index (χ4n) is 2.66. The van der Waals surface area contributed by atoms with Crippen LogP contribution in [0.15, 0.2) is 70.4 Å². The Labute approximate surface area is 206 Å². The lowest BCUT2D eigenvalue weighted by Crippen LogP contribution is -2.38. The summed E-state index contributed by atoms with van der Waals surface area (Å²) in [6, 6.07) is 9.65. The molecule has 7 nitrogen and oxygen atoms in total. The first-order chi connectivity index (χ1) is 16.0. The summed E-state index contributed by atoms with van der Waals surface area (Å²) >= 11 is 8.08. The number of carbonyl (C=O) groups excluding carboxylic acids is 1. The molecule has 3 rings (SSSR count). The first kappa shape index (κ1) is 26.0. The highest BCUT2D eigenvalue weighted by atomic mass is 35.5. The second-order valence-corrected chi connectivity index (χ2v) is 11.0. The number of carbonyl (C=O) groups is 1. The van der Waals surface area contributed by atoms with Crippen LogP contribution in [0, 0.1) is 0 Å². The Balaban J connectivity index is 1.95. The van der Waals surface area contributed by atoms with Crippen molar-refractivity contribution in [2.45, 2.75) is 15.4 Å². The van der Waals surface area contributed by atoms with Gasteiger partial charge in [0.15, 0.2) is 4.34 Å². The smallest absolute Gasteiger partial charge is 0.299 e. The van der Waals surface area contributed by atoms with Crippen LogP contribution in [-0.2, 0) is 21.0 Å². The molecule has 0 aliphatic carbocycles. The van der Waals surface area contributed by atoms with E-state index in [-0.39, 0.29) is 15.7 Å². The van der Waals surface area contributed by atoms with Gasteiger partial charge < -0.3 is 0 Å². The van der Waals surface area contributed by atoms with E-state index in [0.717, 1.165) is 23.5 Å². The van der Waals surface area contributed by atoms with Gasteiger partial charge in [-0.05, 0) is 30.3 Å². The minimum atomic E-state index is -4.83. The number of amides is 1. The molecule has 14 heteroatoms. The summed E-state index contributed by atoms with van der Waals surface area (Å²) in [7, 11) is -4.41. The summed E-state index contributed by atoms with van der Waals surface area (Å²) < 4.78 is 67.9. The Morgan fingerprint density at radius 1 is 1.21 bits per heavy atom. The van der Waals surface area contributed by atoms with Crippen molar-refractivity contribution in [3.05, 3.63) is 71.8 Å². The molecule has 0 fully saturated rings. The third-order valence-electron chi connectivity index (χ3n) is 4.14. The zero-order valence-corrected chi connectivity index (χ0v) is 20.3. The molecule has 0 radical (unpaired) electrons. The highest BCUT2D eigenvalue weighted by molar-refractivity contribution is 8.01. The highest BCUT2D eigenvalue weighted by Crippen LogP contribution is 2.38. The SMILES string of the molecule is C=CCSc1nnc(NC(=O)CN(c2ccc(Cl)c(C(F)(F)F)c2)S(=O)(=O)c2ccccc2)s1. The fraction of sp³-hybridized carbons (Fsp3) is 0.150. The van der Waals surface area contributed by atoms with Crippen LogP contribution < -0.4 is 9.62 Å². The van der Waals surface area contributed by atoms with E-state index < -0.39 is 39.2 Å². The van der Waals surface area contributed by atoms with Crippen LogP contribution in [0.2, 0.25) is 5.02 Å². The van der Waals surface area contributed by atoms with E-state index in [1.807, 2.05) is 0 Å². The van der Waals surface area contributed by atoms with Crippen molar-refractivity contribution in [3.63, 3.8) is 0 Å². The number of alkyl halides is 3. The zero-order chi connectivity index (χ0) is 24.9. The van der Waals surface area contributed by atoms with Gasteiger partial charge in [0.25, 0.3) is 10.0 Å². The van der Waals surface area contributed by atoms with Gasteiger partial charge in [-0.2, -0.15) is 13.2 Å². The van der Waals surface area contributed by atoms with Gasteiger partial charge in [0.1, 0.15) is 6.54 Å². The van der Waals surface area contributed by atoms with Gasteiger partial charge in [-0.15, -0.1) is 16.8 Å².